The van der Waals surface area contributed by atoms with Crippen molar-refractivity contribution in [2.24, 2.45) is 5.92 Å². The second-order valence-electron chi connectivity index (χ2n) is 5.89. The molecule has 1 saturated carbocycles. The molecule has 112 valence electrons. The molecule has 1 unspecified atom stereocenters. The van der Waals surface area contributed by atoms with Gasteiger partial charge in [0, 0.05) is 4.90 Å². The number of para-hydroxylation sites is 1. The lowest BCUT2D eigenvalue weighted by atomic mass is 10.1. The first-order valence-corrected chi connectivity index (χ1v) is 8.81. The minimum absolute atomic E-state index is 0.331. The molecule has 1 atom stereocenters. The van der Waals surface area contributed by atoms with Crippen molar-refractivity contribution in [2.45, 2.75) is 36.0 Å². The molecule has 22 heavy (non-hydrogen) atoms. The van der Waals surface area contributed by atoms with Crippen LogP contribution in [0.2, 0.25) is 0 Å². The first-order valence-electron chi connectivity index (χ1n) is 7.93. The van der Waals surface area contributed by atoms with Crippen molar-refractivity contribution >= 4 is 22.8 Å². The second-order valence-corrected chi connectivity index (χ2v) is 7.08. The molecule has 4 rings (SSSR count). The van der Waals surface area contributed by atoms with Crippen LogP contribution in [0.25, 0.3) is 11.0 Å². The van der Waals surface area contributed by atoms with Gasteiger partial charge < -0.3 is 0 Å². The fraction of sp³-hybridized carbons (Fsp3) is 0.333. The number of hydrogen-bond donors (Lipinski definition) is 0. The monoisotopic (exact) mass is 309 g/mol. The smallest absolute Gasteiger partial charge is 0.113 e. The van der Waals surface area contributed by atoms with Gasteiger partial charge >= 0.3 is 0 Å². The molecule has 1 aromatic heterocycles. The van der Waals surface area contributed by atoms with Crippen LogP contribution in [0.15, 0.2) is 59.5 Å². The summed E-state index contributed by atoms with van der Waals surface area (Å²) in [6, 6.07) is 18.9. The standard InChI is InChI=1S/C18H19N3S/c1-2-10-15(11-3-1)22-18(14-8-4-5-9-14)21-17-13-7-6-12-16(17)19-20-21/h1-3,6-7,10-14,18H,4-5,8-9H2. The van der Waals surface area contributed by atoms with Gasteiger partial charge in [-0.15, -0.1) is 5.10 Å². The molecule has 0 saturated heterocycles. The van der Waals surface area contributed by atoms with Crippen LogP contribution in [-0.2, 0) is 0 Å². The summed E-state index contributed by atoms with van der Waals surface area (Å²) in [5.41, 5.74) is 2.13. The van der Waals surface area contributed by atoms with Crippen LogP contribution >= 0.6 is 11.8 Å². The Kier molecular flexibility index (Phi) is 3.85. The van der Waals surface area contributed by atoms with E-state index in [1.807, 2.05) is 23.9 Å². The van der Waals surface area contributed by atoms with Gasteiger partial charge in [0.2, 0.25) is 0 Å². The summed E-state index contributed by atoms with van der Waals surface area (Å²) in [5, 5.41) is 9.17. The number of hydrogen-bond acceptors (Lipinski definition) is 3. The normalized spacial score (nSPS) is 17.1. The van der Waals surface area contributed by atoms with Crippen LogP contribution < -0.4 is 0 Å². The van der Waals surface area contributed by atoms with Crippen molar-refractivity contribution in [1.29, 1.82) is 0 Å². The first-order chi connectivity index (χ1) is 10.9. The van der Waals surface area contributed by atoms with Crippen LogP contribution in [0.1, 0.15) is 31.1 Å². The predicted molar refractivity (Wildman–Crippen MR) is 90.8 cm³/mol. The number of nitrogens with zero attached hydrogens (tertiary/aromatic N) is 3. The Morgan fingerprint density at radius 1 is 0.955 bits per heavy atom. The third kappa shape index (κ3) is 2.63. The Bertz CT molecular complexity index is 747. The van der Waals surface area contributed by atoms with E-state index in [4.69, 9.17) is 0 Å². The highest BCUT2D eigenvalue weighted by molar-refractivity contribution is 7.99. The molecule has 0 amide bonds. The van der Waals surface area contributed by atoms with Crippen LogP contribution in [0.5, 0.6) is 0 Å². The molecule has 1 aliphatic carbocycles. The summed E-state index contributed by atoms with van der Waals surface area (Å²) >= 11 is 1.92. The van der Waals surface area contributed by atoms with Gasteiger partial charge in [-0.2, -0.15) is 0 Å². The molecule has 1 fully saturated rings. The zero-order valence-corrected chi connectivity index (χ0v) is 13.2. The number of aromatic nitrogens is 3. The maximum atomic E-state index is 4.48. The van der Waals surface area contributed by atoms with E-state index < -0.39 is 0 Å². The van der Waals surface area contributed by atoms with E-state index in [0.29, 0.717) is 11.3 Å². The van der Waals surface area contributed by atoms with Gasteiger partial charge in [0.15, 0.2) is 0 Å². The molecule has 0 N–H and O–H groups in total. The zero-order valence-electron chi connectivity index (χ0n) is 12.4. The van der Waals surface area contributed by atoms with Gasteiger partial charge in [0.25, 0.3) is 0 Å². The molecule has 3 nitrogen and oxygen atoms in total. The van der Waals surface area contributed by atoms with E-state index in [9.17, 15) is 0 Å². The van der Waals surface area contributed by atoms with E-state index in [1.165, 1.54) is 30.6 Å². The Labute approximate surface area is 134 Å². The molecular formula is C18H19N3S. The molecule has 0 bridgehead atoms. The highest BCUT2D eigenvalue weighted by atomic mass is 32.2. The van der Waals surface area contributed by atoms with Gasteiger partial charge in [-0.05, 0) is 43.0 Å². The number of rotatable bonds is 4. The summed E-state index contributed by atoms with van der Waals surface area (Å²) in [4.78, 5) is 1.30. The Morgan fingerprint density at radius 3 is 2.50 bits per heavy atom. The van der Waals surface area contributed by atoms with E-state index in [-0.39, 0.29) is 0 Å². The SMILES string of the molecule is c1ccc(SC(C2CCCC2)n2nnc3ccccc32)cc1. The highest BCUT2D eigenvalue weighted by Crippen LogP contribution is 2.44. The molecular weight excluding hydrogens is 290 g/mol. The Hall–Kier alpha value is -1.81. The minimum atomic E-state index is 0.331. The fourth-order valence-electron chi connectivity index (χ4n) is 3.30. The topological polar surface area (TPSA) is 30.7 Å². The zero-order chi connectivity index (χ0) is 14.8. The molecule has 2 aromatic carbocycles. The van der Waals surface area contributed by atoms with Crippen LogP contribution in [0.3, 0.4) is 0 Å². The summed E-state index contributed by atoms with van der Waals surface area (Å²) in [5.74, 6) is 0.676. The lowest BCUT2D eigenvalue weighted by Gasteiger charge is -2.23. The minimum Gasteiger partial charge on any atom is -0.231 e. The average molecular weight is 309 g/mol. The van der Waals surface area contributed by atoms with Gasteiger partial charge in [-0.1, -0.05) is 60.1 Å². The third-order valence-corrected chi connectivity index (χ3v) is 5.79. The molecule has 0 aliphatic heterocycles. The summed E-state index contributed by atoms with van der Waals surface area (Å²) in [6.07, 6.45) is 5.25. The Balaban J connectivity index is 1.73. The summed E-state index contributed by atoms with van der Waals surface area (Å²) < 4.78 is 2.14. The van der Waals surface area contributed by atoms with Gasteiger partial charge in [-0.25, -0.2) is 4.68 Å². The largest absolute Gasteiger partial charge is 0.231 e. The molecule has 1 aliphatic rings. The quantitative estimate of drug-likeness (QED) is 0.641. The maximum Gasteiger partial charge on any atom is 0.113 e. The molecule has 3 aromatic rings. The Morgan fingerprint density at radius 2 is 1.68 bits per heavy atom. The highest BCUT2D eigenvalue weighted by Gasteiger charge is 2.29. The van der Waals surface area contributed by atoms with Crippen molar-refractivity contribution < 1.29 is 0 Å². The lowest BCUT2D eigenvalue weighted by Crippen LogP contribution is -2.15. The summed E-state index contributed by atoms with van der Waals surface area (Å²) in [7, 11) is 0. The van der Waals surface area contributed by atoms with Gasteiger partial charge in [0.1, 0.15) is 10.9 Å². The second kappa shape index (κ2) is 6.13. The maximum absolute atomic E-state index is 4.48. The van der Waals surface area contributed by atoms with Gasteiger partial charge in [0.05, 0.1) is 5.52 Å². The van der Waals surface area contributed by atoms with Crippen molar-refractivity contribution in [3.8, 4) is 0 Å². The lowest BCUT2D eigenvalue weighted by molar-refractivity contribution is 0.417. The fourth-order valence-corrected chi connectivity index (χ4v) is 4.62. The average Bonchev–Trinajstić information content (AvgIpc) is 3.24. The van der Waals surface area contributed by atoms with Crippen molar-refractivity contribution in [3.05, 3.63) is 54.6 Å². The third-order valence-electron chi connectivity index (χ3n) is 4.42. The van der Waals surface area contributed by atoms with Crippen molar-refractivity contribution in [1.82, 2.24) is 15.0 Å². The van der Waals surface area contributed by atoms with Crippen LogP contribution in [0.4, 0.5) is 0 Å². The number of thioether (sulfide) groups is 1. The van der Waals surface area contributed by atoms with Crippen LogP contribution in [0, 0.1) is 5.92 Å². The van der Waals surface area contributed by atoms with Crippen molar-refractivity contribution in [3.63, 3.8) is 0 Å². The van der Waals surface area contributed by atoms with Crippen molar-refractivity contribution in [2.75, 3.05) is 0 Å². The number of fused-ring (bicyclic) bond motifs is 1. The van der Waals surface area contributed by atoms with E-state index in [2.05, 4.69) is 57.5 Å². The first kappa shape index (κ1) is 13.8. The molecule has 0 spiro atoms. The van der Waals surface area contributed by atoms with E-state index in [1.54, 1.807) is 0 Å². The summed E-state index contributed by atoms with van der Waals surface area (Å²) in [6.45, 7) is 0. The van der Waals surface area contributed by atoms with Gasteiger partial charge in [-0.3, -0.25) is 0 Å². The number of benzene rings is 2. The molecule has 0 radical (unpaired) electrons. The van der Waals surface area contributed by atoms with E-state index >= 15 is 0 Å². The molecule has 1 heterocycles. The van der Waals surface area contributed by atoms with Crippen LogP contribution in [-0.4, -0.2) is 15.0 Å². The van der Waals surface area contributed by atoms with E-state index in [0.717, 1.165) is 11.0 Å². The predicted octanol–water partition coefficient (Wildman–Crippen LogP) is 4.91. The molecule has 4 heteroatoms.